The first-order valence-electron chi connectivity index (χ1n) is 9.13. The molecule has 0 bridgehead atoms. The fourth-order valence-electron chi connectivity index (χ4n) is 2.58. The first kappa shape index (κ1) is 20.3. The smallest absolute Gasteiger partial charge is 0.319 e. The van der Waals surface area contributed by atoms with Crippen molar-refractivity contribution >= 4 is 23.3 Å². The third-order valence-corrected chi connectivity index (χ3v) is 4.27. The van der Waals surface area contributed by atoms with Gasteiger partial charge in [0.25, 0.3) is 0 Å². The predicted molar refractivity (Wildman–Crippen MR) is 108 cm³/mol. The van der Waals surface area contributed by atoms with Gasteiger partial charge in [-0.15, -0.1) is 0 Å². The number of hydrogen-bond donors (Lipinski definition) is 4. The van der Waals surface area contributed by atoms with Gasteiger partial charge in [0.05, 0.1) is 0 Å². The van der Waals surface area contributed by atoms with Crippen LogP contribution in [0.25, 0.3) is 0 Å². The number of hydrogen-bond acceptors (Lipinski definition) is 3. The number of aromatic hydroxyl groups is 1. The Morgan fingerprint density at radius 2 is 1.78 bits per heavy atom. The molecule has 0 radical (unpaired) electrons. The number of phenols is 1. The largest absolute Gasteiger partial charge is 0.508 e. The van der Waals surface area contributed by atoms with Crippen molar-refractivity contribution < 1.29 is 14.7 Å². The van der Waals surface area contributed by atoms with E-state index in [9.17, 15) is 14.7 Å². The first-order valence-corrected chi connectivity index (χ1v) is 9.13. The molecular formula is C21H27N3O3. The summed E-state index contributed by atoms with van der Waals surface area (Å²) >= 11 is 0. The second-order valence-electron chi connectivity index (χ2n) is 6.64. The lowest BCUT2D eigenvalue weighted by atomic mass is 10.1. The fourth-order valence-corrected chi connectivity index (χ4v) is 2.58. The van der Waals surface area contributed by atoms with Gasteiger partial charge in [0.15, 0.2) is 0 Å². The number of nitrogens with one attached hydrogen (secondary N) is 3. The molecular weight excluding hydrogens is 342 g/mol. The molecule has 0 saturated heterocycles. The lowest BCUT2D eigenvalue weighted by molar-refractivity contribution is -0.115. The number of anilines is 2. The number of phenolic OH excluding ortho intramolecular Hbond substituents is 1. The minimum absolute atomic E-state index is 0.0120. The number of carbonyl (C=O) groups is 2. The van der Waals surface area contributed by atoms with Gasteiger partial charge in [-0.1, -0.05) is 25.1 Å². The highest BCUT2D eigenvalue weighted by Crippen LogP contribution is 2.20. The van der Waals surface area contributed by atoms with E-state index in [1.165, 1.54) is 0 Å². The van der Waals surface area contributed by atoms with E-state index in [-0.39, 0.29) is 23.7 Å². The summed E-state index contributed by atoms with van der Waals surface area (Å²) in [6.45, 7) is 5.63. The topological polar surface area (TPSA) is 90.5 Å². The average molecular weight is 369 g/mol. The van der Waals surface area contributed by atoms with Gasteiger partial charge < -0.3 is 21.1 Å². The summed E-state index contributed by atoms with van der Waals surface area (Å²) < 4.78 is 0. The Kier molecular flexibility index (Phi) is 7.23. The van der Waals surface area contributed by atoms with Gasteiger partial charge in [0.2, 0.25) is 5.91 Å². The Bertz CT molecular complexity index is 788. The molecule has 6 nitrogen and oxygen atoms in total. The molecule has 0 unspecified atom stereocenters. The molecule has 2 aromatic rings. The number of amides is 3. The molecule has 0 heterocycles. The molecule has 6 heteroatoms. The standard InChI is InChI=1S/C21H27N3O3/c1-4-20(26)23-17-10-5-14(2)19(13-17)24-21(27)22-15(3)6-7-16-8-11-18(25)12-9-16/h5,8-13,15,25H,4,6-7H2,1-3H3,(H,23,26)(H2,22,24,27)/t15-/m0/s1. The highest BCUT2D eigenvalue weighted by molar-refractivity contribution is 5.94. The predicted octanol–water partition coefficient (Wildman–Crippen LogP) is 4.19. The van der Waals surface area contributed by atoms with Crippen LogP contribution in [0.2, 0.25) is 0 Å². The average Bonchev–Trinajstić information content (AvgIpc) is 2.63. The zero-order chi connectivity index (χ0) is 19.8. The number of carbonyl (C=O) groups excluding carboxylic acids is 2. The zero-order valence-electron chi connectivity index (χ0n) is 16.0. The monoisotopic (exact) mass is 369 g/mol. The van der Waals surface area contributed by atoms with E-state index < -0.39 is 0 Å². The van der Waals surface area contributed by atoms with Crippen molar-refractivity contribution in [2.24, 2.45) is 0 Å². The molecule has 2 aromatic carbocycles. The van der Waals surface area contributed by atoms with Crippen molar-refractivity contribution in [3.05, 3.63) is 53.6 Å². The molecule has 0 fully saturated rings. The van der Waals surface area contributed by atoms with E-state index in [0.717, 1.165) is 24.0 Å². The molecule has 0 aliphatic heterocycles. The second-order valence-corrected chi connectivity index (χ2v) is 6.64. The number of benzene rings is 2. The molecule has 2 rings (SSSR count). The summed E-state index contributed by atoms with van der Waals surface area (Å²) in [5.74, 6) is 0.175. The number of rotatable bonds is 7. The van der Waals surface area contributed by atoms with Crippen molar-refractivity contribution in [2.75, 3.05) is 10.6 Å². The van der Waals surface area contributed by atoms with Crippen LogP contribution < -0.4 is 16.0 Å². The van der Waals surface area contributed by atoms with Crippen LogP contribution in [0.1, 0.15) is 37.8 Å². The summed E-state index contributed by atoms with van der Waals surface area (Å²) in [5.41, 5.74) is 3.34. The zero-order valence-corrected chi connectivity index (χ0v) is 16.0. The van der Waals surface area contributed by atoms with Gasteiger partial charge in [0, 0.05) is 23.8 Å². The summed E-state index contributed by atoms with van der Waals surface area (Å²) in [6.07, 6.45) is 1.98. The van der Waals surface area contributed by atoms with Crippen LogP contribution in [0.15, 0.2) is 42.5 Å². The SMILES string of the molecule is CCC(=O)Nc1ccc(C)c(NC(=O)N[C@@H](C)CCc2ccc(O)cc2)c1. The van der Waals surface area contributed by atoms with Crippen LogP contribution in [0.4, 0.5) is 16.2 Å². The molecule has 0 spiro atoms. The third-order valence-electron chi connectivity index (χ3n) is 4.27. The van der Waals surface area contributed by atoms with Crippen LogP contribution in [-0.2, 0) is 11.2 Å². The van der Waals surface area contributed by atoms with Gasteiger partial charge in [-0.05, 0) is 62.1 Å². The van der Waals surface area contributed by atoms with E-state index >= 15 is 0 Å². The van der Waals surface area contributed by atoms with Gasteiger partial charge >= 0.3 is 6.03 Å². The maximum atomic E-state index is 12.3. The Hall–Kier alpha value is -3.02. The lowest BCUT2D eigenvalue weighted by Crippen LogP contribution is -2.36. The molecule has 4 N–H and O–H groups in total. The van der Waals surface area contributed by atoms with Crippen molar-refractivity contribution in [3.8, 4) is 5.75 Å². The molecule has 0 aromatic heterocycles. The van der Waals surface area contributed by atoms with Crippen LogP contribution in [0.5, 0.6) is 5.75 Å². The lowest BCUT2D eigenvalue weighted by Gasteiger charge is -2.16. The molecule has 0 saturated carbocycles. The van der Waals surface area contributed by atoms with Crippen molar-refractivity contribution in [1.82, 2.24) is 5.32 Å². The van der Waals surface area contributed by atoms with E-state index in [4.69, 9.17) is 0 Å². The first-order chi connectivity index (χ1) is 12.9. The molecule has 1 atom stereocenters. The van der Waals surface area contributed by atoms with Crippen LogP contribution in [0, 0.1) is 6.92 Å². The Morgan fingerprint density at radius 3 is 2.44 bits per heavy atom. The van der Waals surface area contributed by atoms with Gasteiger partial charge in [0.1, 0.15) is 5.75 Å². The van der Waals surface area contributed by atoms with Gasteiger partial charge in [-0.2, -0.15) is 0 Å². The number of urea groups is 1. The highest BCUT2D eigenvalue weighted by Gasteiger charge is 2.10. The van der Waals surface area contributed by atoms with E-state index in [1.54, 1.807) is 25.1 Å². The Morgan fingerprint density at radius 1 is 1.07 bits per heavy atom. The quantitative estimate of drug-likeness (QED) is 0.590. The molecule has 27 heavy (non-hydrogen) atoms. The van der Waals surface area contributed by atoms with Gasteiger partial charge in [-0.25, -0.2) is 4.79 Å². The van der Waals surface area contributed by atoms with Crippen molar-refractivity contribution in [1.29, 1.82) is 0 Å². The molecule has 3 amide bonds. The van der Waals surface area contributed by atoms with Crippen LogP contribution in [0.3, 0.4) is 0 Å². The highest BCUT2D eigenvalue weighted by atomic mass is 16.3. The van der Waals surface area contributed by atoms with E-state index in [1.807, 2.05) is 38.1 Å². The summed E-state index contributed by atoms with van der Waals surface area (Å²) in [5, 5.41) is 17.9. The van der Waals surface area contributed by atoms with Crippen molar-refractivity contribution in [3.63, 3.8) is 0 Å². The fraction of sp³-hybridized carbons (Fsp3) is 0.333. The van der Waals surface area contributed by atoms with Crippen LogP contribution >= 0.6 is 0 Å². The van der Waals surface area contributed by atoms with Gasteiger partial charge in [-0.3, -0.25) is 4.79 Å². The minimum atomic E-state index is -0.282. The normalized spacial score (nSPS) is 11.5. The van der Waals surface area contributed by atoms with Crippen molar-refractivity contribution in [2.45, 2.75) is 46.1 Å². The minimum Gasteiger partial charge on any atom is -0.508 e. The van der Waals surface area contributed by atoms with Crippen LogP contribution in [-0.4, -0.2) is 23.1 Å². The van der Waals surface area contributed by atoms with E-state index in [0.29, 0.717) is 17.8 Å². The number of aryl methyl sites for hydroxylation is 2. The third kappa shape index (κ3) is 6.66. The Balaban J connectivity index is 1.87. The maximum Gasteiger partial charge on any atom is 0.319 e. The Labute approximate surface area is 160 Å². The molecule has 0 aliphatic rings. The summed E-state index contributed by atoms with van der Waals surface area (Å²) in [7, 11) is 0. The van der Waals surface area contributed by atoms with E-state index in [2.05, 4.69) is 16.0 Å². The molecule has 144 valence electrons. The second kappa shape index (κ2) is 9.62. The maximum absolute atomic E-state index is 12.3. The summed E-state index contributed by atoms with van der Waals surface area (Å²) in [4.78, 5) is 23.8. The molecule has 0 aliphatic carbocycles. The summed E-state index contributed by atoms with van der Waals surface area (Å²) in [6, 6.07) is 12.2.